The van der Waals surface area contributed by atoms with Gasteiger partial charge in [-0.25, -0.2) is 4.79 Å². The number of aromatic carboxylic acids is 1. The van der Waals surface area contributed by atoms with Gasteiger partial charge in [0, 0.05) is 22.4 Å². The van der Waals surface area contributed by atoms with E-state index in [2.05, 4.69) is 53.8 Å². The summed E-state index contributed by atoms with van der Waals surface area (Å²) >= 11 is 0. The lowest BCUT2D eigenvalue weighted by atomic mass is 9.78. The first-order chi connectivity index (χ1) is 17.3. The molecule has 37 heavy (non-hydrogen) atoms. The quantitative estimate of drug-likeness (QED) is 0.265. The molecule has 0 bridgehead atoms. The molecule has 1 amide bonds. The third kappa shape index (κ3) is 9.53. The van der Waals surface area contributed by atoms with Crippen molar-refractivity contribution in [1.82, 2.24) is 0 Å². The number of carboxylic acids is 1. The van der Waals surface area contributed by atoms with E-state index in [1.807, 2.05) is 12.1 Å². The molecule has 0 aliphatic heterocycles. The fourth-order valence-corrected chi connectivity index (χ4v) is 4.34. The lowest BCUT2D eigenvalue weighted by Gasteiger charge is -2.30. The zero-order chi connectivity index (χ0) is 27.6. The van der Waals surface area contributed by atoms with Crippen molar-refractivity contribution in [3.63, 3.8) is 0 Å². The van der Waals surface area contributed by atoms with Crippen molar-refractivity contribution in [1.29, 1.82) is 0 Å². The van der Waals surface area contributed by atoms with Crippen LogP contribution in [0.4, 0.5) is 5.69 Å². The Labute approximate surface area is 224 Å². The van der Waals surface area contributed by atoms with E-state index in [1.165, 1.54) is 57.1 Å². The van der Waals surface area contributed by atoms with Crippen molar-refractivity contribution < 1.29 is 19.4 Å². The SMILES string of the molecule is CCCCCCCCCCOc1c(C(C)(C)C)cc(C(=O)Nc2ccc(C(=O)O)cc2)cc1C(C)(C)C. The van der Waals surface area contributed by atoms with Crippen LogP contribution in [0.25, 0.3) is 0 Å². The number of unbranched alkanes of at least 4 members (excludes halogenated alkanes) is 7. The summed E-state index contributed by atoms with van der Waals surface area (Å²) < 4.78 is 6.47. The zero-order valence-corrected chi connectivity index (χ0v) is 24.0. The van der Waals surface area contributed by atoms with E-state index in [0.29, 0.717) is 17.9 Å². The number of amides is 1. The Bertz CT molecular complexity index is 991. The Hall–Kier alpha value is -2.82. The summed E-state index contributed by atoms with van der Waals surface area (Å²) in [6.45, 7) is 15.8. The van der Waals surface area contributed by atoms with Gasteiger partial charge in [-0.05, 0) is 53.6 Å². The molecule has 0 unspecified atom stereocenters. The van der Waals surface area contributed by atoms with E-state index >= 15 is 0 Å². The summed E-state index contributed by atoms with van der Waals surface area (Å²) in [6.07, 6.45) is 10.0. The van der Waals surface area contributed by atoms with Gasteiger partial charge in [-0.3, -0.25) is 4.79 Å². The monoisotopic (exact) mass is 509 g/mol. The number of ether oxygens (including phenoxy) is 1. The van der Waals surface area contributed by atoms with Crippen LogP contribution < -0.4 is 10.1 Å². The lowest BCUT2D eigenvalue weighted by molar-refractivity contribution is 0.0696. The van der Waals surface area contributed by atoms with Crippen molar-refractivity contribution in [2.24, 2.45) is 0 Å². The highest BCUT2D eigenvalue weighted by Gasteiger charge is 2.29. The highest BCUT2D eigenvalue weighted by molar-refractivity contribution is 6.05. The number of anilines is 1. The summed E-state index contributed by atoms with van der Waals surface area (Å²) in [4.78, 5) is 24.4. The highest BCUT2D eigenvalue weighted by atomic mass is 16.5. The van der Waals surface area contributed by atoms with Gasteiger partial charge in [0.15, 0.2) is 0 Å². The fourth-order valence-electron chi connectivity index (χ4n) is 4.34. The molecule has 5 heteroatoms. The topological polar surface area (TPSA) is 75.6 Å². The number of carbonyl (C=O) groups is 2. The third-order valence-electron chi connectivity index (χ3n) is 6.60. The van der Waals surface area contributed by atoms with Gasteiger partial charge in [0.25, 0.3) is 5.91 Å². The van der Waals surface area contributed by atoms with Gasteiger partial charge in [-0.1, -0.05) is 93.4 Å². The number of hydrogen-bond donors (Lipinski definition) is 2. The molecular formula is C32H47NO4. The van der Waals surface area contributed by atoms with Crippen molar-refractivity contribution in [2.45, 2.75) is 111 Å². The summed E-state index contributed by atoms with van der Waals surface area (Å²) in [5, 5.41) is 12.0. The second-order valence-corrected chi connectivity index (χ2v) is 12.1. The molecular weight excluding hydrogens is 462 g/mol. The second kappa shape index (κ2) is 13.6. The molecule has 0 aliphatic carbocycles. The third-order valence-corrected chi connectivity index (χ3v) is 6.60. The molecule has 2 rings (SSSR count). The zero-order valence-electron chi connectivity index (χ0n) is 24.0. The van der Waals surface area contributed by atoms with Gasteiger partial charge in [0.05, 0.1) is 12.2 Å². The predicted octanol–water partition coefficient (Wildman–Crippen LogP) is 8.75. The Kier molecular flexibility index (Phi) is 11.2. The predicted molar refractivity (Wildman–Crippen MR) is 153 cm³/mol. The summed E-state index contributed by atoms with van der Waals surface area (Å²) in [5.74, 6) is -0.330. The van der Waals surface area contributed by atoms with Crippen LogP contribution in [-0.4, -0.2) is 23.6 Å². The van der Waals surface area contributed by atoms with E-state index < -0.39 is 5.97 Å². The minimum atomic E-state index is -0.995. The normalized spacial score (nSPS) is 11.9. The van der Waals surface area contributed by atoms with Crippen LogP contribution in [0.3, 0.4) is 0 Å². The highest BCUT2D eigenvalue weighted by Crippen LogP contribution is 2.41. The van der Waals surface area contributed by atoms with Crippen LogP contribution in [0.15, 0.2) is 36.4 Å². The first kappa shape index (κ1) is 30.4. The van der Waals surface area contributed by atoms with E-state index in [1.54, 1.807) is 12.1 Å². The minimum Gasteiger partial charge on any atom is -0.493 e. The van der Waals surface area contributed by atoms with Crippen molar-refractivity contribution >= 4 is 17.6 Å². The fraction of sp³-hybridized carbons (Fsp3) is 0.562. The second-order valence-electron chi connectivity index (χ2n) is 12.1. The molecule has 0 heterocycles. The van der Waals surface area contributed by atoms with Gasteiger partial charge in [-0.2, -0.15) is 0 Å². The maximum absolute atomic E-state index is 13.3. The standard InChI is InChI=1S/C32H47NO4/c1-8-9-10-11-12-13-14-15-20-37-28-26(31(2,3)4)21-24(22-27(28)32(5,6)7)29(34)33-25-18-16-23(17-19-25)30(35)36/h16-19,21-22H,8-15,20H2,1-7H3,(H,33,34)(H,35,36). The molecule has 0 spiro atoms. The summed E-state index contributed by atoms with van der Waals surface area (Å²) in [5.41, 5.74) is 2.91. The van der Waals surface area contributed by atoms with E-state index in [4.69, 9.17) is 9.84 Å². The molecule has 0 saturated heterocycles. The van der Waals surface area contributed by atoms with Crippen molar-refractivity contribution in [3.05, 3.63) is 58.7 Å². The number of hydrogen-bond acceptors (Lipinski definition) is 3. The van der Waals surface area contributed by atoms with Gasteiger partial charge in [0.1, 0.15) is 5.75 Å². The molecule has 0 atom stereocenters. The van der Waals surface area contributed by atoms with Crippen LogP contribution in [0, 0.1) is 0 Å². The van der Waals surface area contributed by atoms with Crippen LogP contribution >= 0.6 is 0 Å². The van der Waals surface area contributed by atoms with E-state index in [9.17, 15) is 9.59 Å². The Morgan fingerprint density at radius 1 is 0.757 bits per heavy atom. The summed E-state index contributed by atoms with van der Waals surface area (Å²) in [7, 11) is 0. The first-order valence-corrected chi connectivity index (χ1v) is 13.8. The molecule has 0 fully saturated rings. The Morgan fingerprint density at radius 2 is 1.24 bits per heavy atom. The molecule has 2 aromatic carbocycles. The molecule has 2 aromatic rings. The van der Waals surface area contributed by atoms with Gasteiger partial charge < -0.3 is 15.2 Å². The average Bonchev–Trinajstić information content (AvgIpc) is 2.81. The van der Waals surface area contributed by atoms with Crippen LogP contribution in [-0.2, 0) is 10.8 Å². The molecule has 0 saturated carbocycles. The largest absolute Gasteiger partial charge is 0.493 e. The average molecular weight is 510 g/mol. The molecule has 0 aliphatic rings. The lowest BCUT2D eigenvalue weighted by Crippen LogP contribution is -2.23. The molecule has 0 radical (unpaired) electrons. The molecule has 2 N–H and O–H groups in total. The van der Waals surface area contributed by atoms with Crippen LogP contribution in [0.5, 0.6) is 5.75 Å². The number of carbonyl (C=O) groups excluding carboxylic acids is 1. The maximum atomic E-state index is 13.3. The van der Waals surface area contributed by atoms with Crippen molar-refractivity contribution in [2.75, 3.05) is 11.9 Å². The van der Waals surface area contributed by atoms with Crippen molar-refractivity contribution in [3.8, 4) is 5.75 Å². The summed E-state index contributed by atoms with van der Waals surface area (Å²) in [6, 6.07) is 10.1. The number of carboxylic acid groups (broad SMARTS) is 1. The molecule has 204 valence electrons. The first-order valence-electron chi connectivity index (χ1n) is 13.8. The Morgan fingerprint density at radius 3 is 1.70 bits per heavy atom. The molecule has 0 aromatic heterocycles. The van der Waals surface area contributed by atoms with Gasteiger partial charge in [0.2, 0.25) is 0 Å². The number of benzene rings is 2. The molecule has 5 nitrogen and oxygen atoms in total. The van der Waals surface area contributed by atoms with E-state index in [-0.39, 0.29) is 22.3 Å². The van der Waals surface area contributed by atoms with Gasteiger partial charge >= 0.3 is 5.97 Å². The smallest absolute Gasteiger partial charge is 0.335 e. The van der Waals surface area contributed by atoms with Crippen LogP contribution in [0.2, 0.25) is 0 Å². The van der Waals surface area contributed by atoms with Crippen LogP contribution in [0.1, 0.15) is 132 Å². The number of rotatable bonds is 13. The minimum absolute atomic E-state index is 0.182. The Balaban J connectivity index is 2.22. The van der Waals surface area contributed by atoms with Gasteiger partial charge in [-0.15, -0.1) is 0 Å². The maximum Gasteiger partial charge on any atom is 0.335 e. The number of nitrogens with one attached hydrogen (secondary N) is 1. The van der Waals surface area contributed by atoms with E-state index in [0.717, 1.165) is 23.3 Å².